The second-order valence-corrected chi connectivity index (χ2v) is 7.62. The van der Waals surface area contributed by atoms with Crippen LogP contribution in [0.5, 0.6) is 0 Å². The molecule has 1 N–H and O–H groups in total. The lowest BCUT2D eigenvalue weighted by Crippen LogP contribution is -2.37. The zero-order valence-electron chi connectivity index (χ0n) is 16.0. The Labute approximate surface area is 179 Å². The number of rotatable bonds is 5. The molecule has 0 radical (unpaired) electrons. The van der Waals surface area contributed by atoms with Gasteiger partial charge in [0.05, 0.1) is 16.1 Å². The van der Waals surface area contributed by atoms with Gasteiger partial charge in [0.2, 0.25) is 5.91 Å². The Morgan fingerprint density at radius 2 is 1.87 bits per heavy atom. The molecular weight excluding hydrogens is 448 g/mol. The normalized spacial score (nSPS) is 17.1. The highest BCUT2D eigenvalue weighted by molar-refractivity contribution is 6.31. The highest BCUT2D eigenvalue weighted by Gasteiger charge is 2.33. The fourth-order valence-electron chi connectivity index (χ4n) is 3.33. The third-order valence-electron chi connectivity index (χ3n) is 4.93. The molecule has 2 aromatic rings. The molecule has 11 heteroatoms. The summed E-state index contributed by atoms with van der Waals surface area (Å²) in [7, 11) is 0. The number of anilines is 1. The molecule has 0 aliphatic carbocycles. The van der Waals surface area contributed by atoms with E-state index in [1.165, 1.54) is 12.1 Å². The number of amides is 1. The predicted molar refractivity (Wildman–Crippen MR) is 103 cm³/mol. The summed E-state index contributed by atoms with van der Waals surface area (Å²) in [5, 5.41) is 2.40. The molecule has 4 nitrogen and oxygen atoms in total. The molecule has 0 bridgehead atoms. The third kappa shape index (κ3) is 6.03. The summed E-state index contributed by atoms with van der Waals surface area (Å²) < 4.78 is 76.7. The molecule has 1 aromatic carbocycles. The summed E-state index contributed by atoms with van der Waals surface area (Å²) in [4.78, 5) is 17.8. The molecule has 3 rings (SSSR count). The van der Waals surface area contributed by atoms with E-state index in [1.54, 1.807) is 4.90 Å². The van der Waals surface area contributed by atoms with Crippen molar-refractivity contribution >= 4 is 23.3 Å². The van der Waals surface area contributed by atoms with Gasteiger partial charge in [-0.1, -0.05) is 17.7 Å². The van der Waals surface area contributed by atoms with Crippen LogP contribution < -0.4 is 10.2 Å². The zero-order chi connectivity index (χ0) is 22.8. The average molecular weight is 466 g/mol. The second-order valence-electron chi connectivity index (χ2n) is 7.21. The van der Waals surface area contributed by atoms with Gasteiger partial charge in [0, 0.05) is 31.7 Å². The minimum atomic E-state index is -4.57. The Hall–Kier alpha value is -2.49. The standard InChI is InChI=1S/C20H18ClF6N3O/c21-16-4-1-12(9-15(16)20(25,26)27)2-6-18(31)29-14-7-8-30(11-14)17-5-3-13(10-28-17)19(22,23)24/h1,3-5,9-10,14H,2,6-8,11H2,(H,29,31). The van der Waals surface area contributed by atoms with Crippen molar-refractivity contribution in [3.05, 3.63) is 58.2 Å². The van der Waals surface area contributed by atoms with Crippen LogP contribution in [-0.4, -0.2) is 30.0 Å². The lowest BCUT2D eigenvalue weighted by Gasteiger charge is -2.18. The van der Waals surface area contributed by atoms with E-state index >= 15 is 0 Å². The van der Waals surface area contributed by atoms with Crippen LogP contribution in [0.3, 0.4) is 0 Å². The fraction of sp³-hybridized carbons (Fsp3) is 0.400. The number of nitrogens with zero attached hydrogens (tertiary/aromatic N) is 2. The average Bonchev–Trinajstić information content (AvgIpc) is 3.14. The molecule has 1 saturated heterocycles. The minimum Gasteiger partial charge on any atom is -0.354 e. The van der Waals surface area contributed by atoms with E-state index in [0.717, 1.165) is 24.4 Å². The van der Waals surface area contributed by atoms with E-state index in [4.69, 9.17) is 11.6 Å². The van der Waals surface area contributed by atoms with Gasteiger partial charge in [0.1, 0.15) is 5.82 Å². The number of pyridine rings is 1. The van der Waals surface area contributed by atoms with Crippen LogP contribution in [0, 0.1) is 0 Å². The van der Waals surface area contributed by atoms with E-state index in [2.05, 4.69) is 10.3 Å². The van der Waals surface area contributed by atoms with E-state index < -0.39 is 28.5 Å². The van der Waals surface area contributed by atoms with Crippen molar-refractivity contribution in [3.63, 3.8) is 0 Å². The first-order valence-electron chi connectivity index (χ1n) is 9.36. The second kappa shape index (κ2) is 8.94. The van der Waals surface area contributed by atoms with Gasteiger partial charge in [0.25, 0.3) is 0 Å². The van der Waals surface area contributed by atoms with Crippen LogP contribution in [0.25, 0.3) is 0 Å². The van der Waals surface area contributed by atoms with E-state index in [-0.39, 0.29) is 24.8 Å². The van der Waals surface area contributed by atoms with Gasteiger partial charge in [-0.3, -0.25) is 4.79 Å². The summed E-state index contributed by atoms with van der Waals surface area (Å²) in [6.45, 7) is 0.888. The number of halogens is 7. The largest absolute Gasteiger partial charge is 0.417 e. The third-order valence-corrected chi connectivity index (χ3v) is 5.26. The van der Waals surface area contributed by atoms with Crippen LogP contribution in [-0.2, 0) is 23.6 Å². The SMILES string of the molecule is O=C(CCc1ccc(Cl)c(C(F)(F)F)c1)NC1CCN(c2ccc(C(F)(F)F)cn2)C1. The molecule has 0 spiro atoms. The van der Waals surface area contributed by atoms with Gasteiger partial charge < -0.3 is 10.2 Å². The van der Waals surface area contributed by atoms with Crippen LogP contribution in [0.2, 0.25) is 5.02 Å². The Balaban J connectivity index is 1.51. The lowest BCUT2D eigenvalue weighted by atomic mass is 10.1. The molecule has 0 saturated carbocycles. The summed E-state index contributed by atoms with van der Waals surface area (Å²) in [5.74, 6) is 0.0568. The molecule has 1 amide bonds. The quantitative estimate of drug-likeness (QED) is 0.625. The molecule has 1 fully saturated rings. The fourth-order valence-corrected chi connectivity index (χ4v) is 3.55. The topological polar surface area (TPSA) is 45.2 Å². The van der Waals surface area contributed by atoms with Gasteiger partial charge >= 0.3 is 12.4 Å². The molecule has 1 atom stereocenters. The van der Waals surface area contributed by atoms with Crippen LogP contribution >= 0.6 is 11.6 Å². The number of alkyl halides is 6. The number of carbonyl (C=O) groups excluding carboxylic acids is 1. The van der Waals surface area contributed by atoms with Crippen molar-refractivity contribution in [1.82, 2.24) is 10.3 Å². The van der Waals surface area contributed by atoms with Crippen molar-refractivity contribution in [2.24, 2.45) is 0 Å². The van der Waals surface area contributed by atoms with E-state index in [9.17, 15) is 31.1 Å². The number of nitrogens with one attached hydrogen (secondary N) is 1. The highest BCUT2D eigenvalue weighted by Crippen LogP contribution is 2.35. The predicted octanol–water partition coefficient (Wildman–Crippen LogP) is 5.10. The number of aryl methyl sites for hydroxylation is 1. The van der Waals surface area contributed by atoms with Crippen LogP contribution in [0.15, 0.2) is 36.5 Å². The maximum absolute atomic E-state index is 12.9. The van der Waals surface area contributed by atoms with Crippen LogP contribution in [0.1, 0.15) is 29.5 Å². The maximum Gasteiger partial charge on any atom is 0.417 e. The smallest absolute Gasteiger partial charge is 0.354 e. The molecule has 2 heterocycles. The van der Waals surface area contributed by atoms with Crippen LogP contribution in [0.4, 0.5) is 32.2 Å². The molecule has 31 heavy (non-hydrogen) atoms. The summed E-state index contributed by atoms with van der Waals surface area (Å²) in [6.07, 6.45) is -7.58. The molecule has 168 valence electrons. The van der Waals surface area contributed by atoms with E-state index in [0.29, 0.717) is 30.9 Å². The zero-order valence-corrected chi connectivity index (χ0v) is 16.8. The summed E-state index contributed by atoms with van der Waals surface area (Å²) >= 11 is 5.59. The highest BCUT2D eigenvalue weighted by atomic mass is 35.5. The van der Waals surface area contributed by atoms with Crippen molar-refractivity contribution in [1.29, 1.82) is 0 Å². The number of hydrogen-bond donors (Lipinski definition) is 1. The Kier molecular flexibility index (Phi) is 6.68. The van der Waals surface area contributed by atoms with Gasteiger partial charge in [-0.05, 0) is 42.7 Å². The van der Waals surface area contributed by atoms with Gasteiger partial charge in [-0.2, -0.15) is 26.3 Å². The Bertz CT molecular complexity index is 930. The molecular formula is C20H18ClF6N3O. The van der Waals surface area contributed by atoms with Gasteiger partial charge in [0.15, 0.2) is 0 Å². The van der Waals surface area contributed by atoms with Gasteiger partial charge in [-0.15, -0.1) is 0 Å². The molecule has 1 aliphatic heterocycles. The molecule has 1 aromatic heterocycles. The summed E-state index contributed by atoms with van der Waals surface area (Å²) in [5.41, 5.74) is -1.44. The van der Waals surface area contributed by atoms with Gasteiger partial charge in [-0.25, -0.2) is 4.98 Å². The minimum absolute atomic E-state index is 0.00599. The van der Waals surface area contributed by atoms with E-state index in [1.807, 2.05) is 0 Å². The molecule has 1 aliphatic rings. The van der Waals surface area contributed by atoms with Crippen molar-refractivity contribution in [2.45, 2.75) is 37.7 Å². The van der Waals surface area contributed by atoms with Crippen molar-refractivity contribution in [2.75, 3.05) is 18.0 Å². The Morgan fingerprint density at radius 1 is 1.13 bits per heavy atom. The number of aromatic nitrogens is 1. The summed E-state index contributed by atoms with van der Waals surface area (Å²) in [6, 6.07) is 5.54. The molecule has 1 unspecified atom stereocenters. The monoisotopic (exact) mass is 465 g/mol. The Morgan fingerprint density at radius 3 is 2.48 bits per heavy atom. The maximum atomic E-state index is 12.9. The first-order chi connectivity index (χ1) is 14.4. The van der Waals surface area contributed by atoms with Crippen molar-refractivity contribution in [3.8, 4) is 0 Å². The number of hydrogen-bond acceptors (Lipinski definition) is 3. The first-order valence-corrected chi connectivity index (χ1v) is 9.74. The van der Waals surface area contributed by atoms with Crippen molar-refractivity contribution < 1.29 is 31.1 Å². The number of benzene rings is 1. The number of carbonyl (C=O) groups is 1. The lowest BCUT2D eigenvalue weighted by molar-refractivity contribution is -0.138. The first kappa shape index (κ1) is 23.2.